The molecule has 1 fully saturated rings. The predicted molar refractivity (Wildman–Crippen MR) is 87.8 cm³/mol. The summed E-state index contributed by atoms with van der Waals surface area (Å²) in [5.74, 6) is 1.67. The minimum Gasteiger partial charge on any atom is -0.366 e. The lowest BCUT2D eigenvalue weighted by atomic mass is 10.1. The average Bonchev–Trinajstić information content (AvgIpc) is 2.95. The summed E-state index contributed by atoms with van der Waals surface area (Å²) in [6.07, 6.45) is 4.40. The van der Waals surface area contributed by atoms with Gasteiger partial charge in [0.15, 0.2) is 0 Å². The molecule has 1 aliphatic rings. The van der Waals surface area contributed by atoms with Crippen LogP contribution in [0.15, 0.2) is 18.3 Å². The normalized spacial score (nSPS) is 19.3. The van der Waals surface area contributed by atoms with Crippen LogP contribution >= 0.6 is 0 Å². The Kier molecular flexibility index (Phi) is 4.38. The summed E-state index contributed by atoms with van der Waals surface area (Å²) in [7, 11) is 2.17. The van der Waals surface area contributed by atoms with Crippen LogP contribution < -0.4 is 5.32 Å². The summed E-state index contributed by atoms with van der Waals surface area (Å²) in [5, 5.41) is 8.09. The fourth-order valence-corrected chi connectivity index (χ4v) is 2.94. The molecule has 1 N–H and O–H groups in total. The van der Waals surface area contributed by atoms with E-state index >= 15 is 0 Å². The van der Waals surface area contributed by atoms with Crippen molar-refractivity contribution in [1.29, 1.82) is 0 Å². The summed E-state index contributed by atoms with van der Waals surface area (Å²) >= 11 is 0. The number of nitrogens with zero attached hydrogens (tertiary/aromatic N) is 5. The molecule has 0 radical (unpaired) electrons. The Bertz CT molecular complexity index is 635. The molecule has 0 bridgehead atoms. The van der Waals surface area contributed by atoms with Gasteiger partial charge in [0, 0.05) is 31.4 Å². The Morgan fingerprint density at radius 2 is 2.18 bits per heavy atom. The van der Waals surface area contributed by atoms with E-state index in [2.05, 4.69) is 39.3 Å². The molecule has 2 aromatic rings. The molecular formula is C16H24N6. The number of aromatic nitrogens is 4. The SMILES string of the molecule is CCn1ccc(-c2cc(NC3CCCN(C)C3)nc(C)n2)n1. The summed E-state index contributed by atoms with van der Waals surface area (Å²) in [5.41, 5.74) is 1.78. The second-order valence-electron chi connectivity index (χ2n) is 5.99. The Balaban J connectivity index is 1.80. The molecule has 3 rings (SSSR count). The zero-order valence-corrected chi connectivity index (χ0v) is 13.6. The van der Waals surface area contributed by atoms with Crippen LogP contribution in [0.4, 0.5) is 5.82 Å². The summed E-state index contributed by atoms with van der Waals surface area (Å²) < 4.78 is 1.91. The highest BCUT2D eigenvalue weighted by Crippen LogP contribution is 2.20. The minimum absolute atomic E-state index is 0.453. The molecule has 1 atom stereocenters. The van der Waals surface area contributed by atoms with Crippen LogP contribution in [0.3, 0.4) is 0 Å². The van der Waals surface area contributed by atoms with E-state index in [1.165, 1.54) is 19.4 Å². The molecule has 1 saturated heterocycles. The van der Waals surface area contributed by atoms with Crippen molar-refractivity contribution in [3.05, 3.63) is 24.2 Å². The van der Waals surface area contributed by atoms with Gasteiger partial charge in [-0.3, -0.25) is 4.68 Å². The third-order valence-corrected chi connectivity index (χ3v) is 4.04. The van der Waals surface area contributed by atoms with Gasteiger partial charge in [0.1, 0.15) is 17.3 Å². The molecule has 1 unspecified atom stereocenters. The molecule has 1 aliphatic heterocycles. The van der Waals surface area contributed by atoms with E-state index < -0.39 is 0 Å². The number of piperidine rings is 1. The van der Waals surface area contributed by atoms with Crippen molar-refractivity contribution in [2.45, 2.75) is 39.3 Å². The monoisotopic (exact) mass is 300 g/mol. The van der Waals surface area contributed by atoms with Gasteiger partial charge in [-0.1, -0.05) is 0 Å². The second kappa shape index (κ2) is 6.44. The smallest absolute Gasteiger partial charge is 0.130 e. The van der Waals surface area contributed by atoms with Crippen LogP contribution in [0.2, 0.25) is 0 Å². The second-order valence-corrected chi connectivity index (χ2v) is 5.99. The third kappa shape index (κ3) is 3.44. The molecule has 0 aliphatic carbocycles. The first-order chi connectivity index (χ1) is 10.6. The Hall–Kier alpha value is -1.95. The van der Waals surface area contributed by atoms with Crippen LogP contribution in [0, 0.1) is 6.92 Å². The molecule has 0 saturated carbocycles. The molecule has 3 heterocycles. The van der Waals surface area contributed by atoms with Crippen molar-refractivity contribution >= 4 is 5.82 Å². The highest BCUT2D eigenvalue weighted by molar-refractivity contribution is 5.58. The van der Waals surface area contributed by atoms with Crippen molar-refractivity contribution in [2.24, 2.45) is 0 Å². The quantitative estimate of drug-likeness (QED) is 0.938. The van der Waals surface area contributed by atoms with Gasteiger partial charge in [-0.25, -0.2) is 9.97 Å². The molecular weight excluding hydrogens is 276 g/mol. The van der Waals surface area contributed by atoms with E-state index in [1.54, 1.807) is 0 Å². The van der Waals surface area contributed by atoms with Gasteiger partial charge in [0.25, 0.3) is 0 Å². The standard InChI is InChI=1S/C16H24N6/c1-4-22-9-7-14(20-22)15-10-16(18-12(2)17-15)19-13-6-5-8-21(3)11-13/h7,9-10,13H,4-6,8,11H2,1-3H3,(H,17,18,19). The topological polar surface area (TPSA) is 58.9 Å². The number of nitrogens with one attached hydrogen (secondary N) is 1. The van der Waals surface area contributed by atoms with Crippen LogP contribution in [0.5, 0.6) is 0 Å². The Labute approximate surface area is 131 Å². The van der Waals surface area contributed by atoms with E-state index in [1.807, 2.05) is 29.9 Å². The summed E-state index contributed by atoms with van der Waals surface area (Å²) in [6, 6.07) is 4.46. The number of likely N-dealkylation sites (N-methyl/N-ethyl adjacent to an activating group) is 1. The lowest BCUT2D eigenvalue weighted by Gasteiger charge is -2.30. The number of hydrogen-bond acceptors (Lipinski definition) is 5. The maximum Gasteiger partial charge on any atom is 0.130 e. The van der Waals surface area contributed by atoms with E-state index in [4.69, 9.17) is 0 Å². The lowest BCUT2D eigenvalue weighted by Crippen LogP contribution is -2.39. The fraction of sp³-hybridized carbons (Fsp3) is 0.562. The lowest BCUT2D eigenvalue weighted by molar-refractivity contribution is 0.260. The van der Waals surface area contributed by atoms with Crippen molar-refractivity contribution in [2.75, 3.05) is 25.5 Å². The van der Waals surface area contributed by atoms with Crippen molar-refractivity contribution in [1.82, 2.24) is 24.6 Å². The highest BCUT2D eigenvalue weighted by Gasteiger charge is 2.18. The number of likely N-dealkylation sites (tertiary alicyclic amines) is 1. The van der Waals surface area contributed by atoms with Crippen molar-refractivity contribution < 1.29 is 0 Å². The number of rotatable bonds is 4. The molecule has 0 amide bonds. The first-order valence-corrected chi connectivity index (χ1v) is 7.98. The largest absolute Gasteiger partial charge is 0.366 e. The molecule has 22 heavy (non-hydrogen) atoms. The molecule has 118 valence electrons. The van der Waals surface area contributed by atoms with Crippen LogP contribution in [-0.2, 0) is 6.54 Å². The minimum atomic E-state index is 0.453. The van der Waals surface area contributed by atoms with Gasteiger partial charge >= 0.3 is 0 Å². The van der Waals surface area contributed by atoms with E-state index in [0.29, 0.717) is 6.04 Å². The average molecular weight is 300 g/mol. The summed E-state index contributed by atoms with van der Waals surface area (Å²) in [6.45, 7) is 7.11. The van der Waals surface area contributed by atoms with Gasteiger partial charge in [-0.2, -0.15) is 5.10 Å². The summed E-state index contributed by atoms with van der Waals surface area (Å²) in [4.78, 5) is 11.4. The number of hydrogen-bond donors (Lipinski definition) is 1. The fourth-order valence-electron chi connectivity index (χ4n) is 2.94. The van der Waals surface area contributed by atoms with Crippen LogP contribution in [0.25, 0.3) is 11.4 Å². The molecule has 2 aromatic heterocycles. The Morgan fingerprint density at radius 1 is 1.32 bits per heavy atom. The van der Waals surface area contributed by atoms with E-state index in [0.717, 1.165) is 36.1 Å². The number of aryl methyl sites for hydroxylation is 2. The number of anilines is 1. The van der Waals surface area contributed by atoms with Crippen molar-refractivity contribution in [3.8, 4) is 11.4 Å². The van der Waals surface area contributed by atoms with E-state index in [-0.39, 0.29) is 0 Å². The maximum atomic E-state index is 4.53. The van der Waals surface area contributed by atoms with Crippen LogP contribution in [-0.4, -0.2) is 50.8 Å². The van der Waals surface area contributed by atoms with Gasteiger partial charge in [0.05, 0.1) is 5.69 Å². The first-order valence-electron chi connectivity index (χ1n) is 7.98. The Morgan fingerprint density at radius 3 is 2.91 bits per heavy atom. The van der Waals surface area contributed by atoms with Gasteiger partial charge in [-0.15, -0.1) is 0 Å². The third-order valence-electron chi connectivity index (χ3n) is 4.04. The predicted octanol–water partition coefficient (Wildman–Crippen LogP) is 2.17. The van der Waals surface area contributed by atoms with E-state index in [9.17, 15) is 0 Å². The molecule has 6 nitrogen and oxygen atoms in total. The maximum absolute atomic E-state index is 4.53. The zero-order valence-electron chi connectivity index (χ0n) is 13.6. The molecule has 6 heteroatoms. The molecule has 0 aromatic carbocycles. The van der Waals surface area contributed by atoms with Crippen molar-refractivity contribution in [3.63, 3.8) is 0 Å². The highest BCUT2D eigenvalue weighted by atomic mass is 15.3. The van der Waals surface area contributed by atoms with Crippen LogP contribution in [0.1, 0.15) is 25.6 Å². The molecule has 0 spiro atoms. The first kappa shape index (κ1) is 15.0. The van der Waals surface area contributed by atoms with Gasteiger partial charge in [0.2, 0.25) is 0 Å². The zero-order chi connectivity index (χ0) is 15.5. The van der Waals surface area contributed by atoms with Gasteiger partial charge < -0.3 is 10.2 Å². The van der Waals surface area contributed by atoms with Gasteiger partial charge in [-0.05, 0) is 46.3 Å².